The van der Waals surface area contributed by atoms with Crippen molar-refractivity contribution in [3.05, 3.63) is 68.4 Å². The van der Waals surface area contributed by atoms with Crippen molar-refractivity contribution in [2.45, 2.75) is 26.2 Å². The number of rotatable bonds is 3. The number of fused-ring (bicyclic) bond motifs is 2. The van der Waals surface area contributed by atoms with Crippen LogP contribution in [0, 0.1) is 17.0 Å². The molecule has 6 heteroatoms. The Bertz CT molecular complexity index is 1020. The van der Waals surface area contributed by atoms with E-state index in [1.54, 1.807) is 13.0 Å². The molecule has 2 aromatic carbocycles. The Morgan fingerprint density at radius 2 is 2.08 bits per heavy atom. The summed E-state index contributed by atoms with van der Waals surface area (Å²) in [5, 5.41) is 16.2. The van der Waals surface area contributed by atoms with E-state index in [4.69, 9.17) is 16.6 Å². The number of nitro benzene ring substituents is 1. The first-order valence-electron chi connectivity index (χ1n) is 8.16. The van der Waals surface area contributed by atoms with Crippen LogP contribution in [0.1, 0.15) is 23.2 Å². The number of hydrogen-bond donors (Lipinski definition) is 1. The molecular formula is C19H16ClN3O2. The largest absolute Gasteiger partial charge is 0.354 e. The molecule has 1 N–H and O–H groups in total. The fourth-order valence-corrected chi connectivity index (χ4v) is 3.64. The molecular weight excluding hydrogens is 338 g/mol. The summed E-state index contributed by atoms with van der Waals surface area (Å²) < 4.78 is 0. The van der Waals surface area contributed by atoms with Gasteiger partial charge in [0.2, 0.25) is 0 Å². The molecule has 5 nitrogen and oxygen atoms in total. The minimum atomic E-state index is -0.355. The predicted octanol–water partition coefficient (Wildman–Crippen LogP) is 5.34. The maximum Gasteiger partial charge on any atom is 0.274 e. The van der Waals surface area contributed by atoms with Crippen molar-refractivity contribution in [2.24, 2.45) is 0 Å². The fraction of sp³-hybridized carbons (Fsp3) is 0.211. The lowest BCUT2D eigenvalue weighted by atomic mass is 10.1. The van der Waals surface area contributed by atoms with E-state index in [-0.39, 0.29) is 10.6 Å². The zero-order valence-electron chi connectivity index (χ0n) is 13.7. The van der Waals surface area contributed by atoms with Crippen LogP contribution in [-0.4, -0.2) is 9.91 Å². The third-order valence-corrected chi connectivity index (χ3v) is 4.97. The van der Waals surface area contributed by atoms with Crippen molar-refractivity contribution in [1.82, 2.24) is 4.98 Å². The molecule has 0 bridgehead atoms. The van der Waals surface area contributed by atoms with E-state index in [1.807, 2.05) is 24.3 Å². The molecule has 0 radical (unpaired) electrons. The average molecular weight is 354 g/mol. The maximum absolute atomic E-state index is 11.2. The van der Waals surface area contributed by atoms with Crippen molar-refractivity contribution < 1.29 is 4.92 Å². The molecule has 1 aromatic heterocycles. The summed E-state index contributed by atoms with van der Waals surface area (Å²) in [5.41, 5.74) is 5.58. The van der Waals surface area contributed by atoms with Gasteiger partial charge < -0.3 is 5.32 Å². The monoisotopic (exact) mass is 353 g/mol. The van der Waals surface area contributed by atoms with Gasteiger partial charge in [-0.25, -0.2) is 0 Å². The lowest BCUT2D eigenvalue weighted by Gasteiger charge is -2.16. The number of nitro groups is 1. The minimum absolute atomic E-state index is 0.109. The Hall–Kier alpha value is -2.66. The third-order valence-electron chi connectivity index (χ3n) is 4.74. The third kappa shape index (κ3) is 2.70. The molecule has 0 amide bonds. The molecule has 1 heterocycles. The summed E-state index contributed by atoms with van der Waals surface area (Å²) in [4.78, 5) is 15.6. The first-order valence-corrected chi connectivity index (χ1v) is 8.54. The average Bonchev–Trinajstić information content (AvgIpc) is 3.04. The van der Waals surface area contributed by atoms with Crippen LogP contribution in [0.25, 0.3) is 10.9 Å². The molecule has 1 aliphatic carbocycles. The zero-order valence-corrected chi connectivity index (χ0v) is 14.4. The molecule has 0 spiro atoms. The van der Waals surface area contributed by atoms with Gasteiger partial charge in [0.15, 0.2) is 0 Å². The number of pyridine rings is 1. The van der Waals surface area contributed by atoms with Gasteiger partial charge in [-0.15, -0.1) is 0 Å². The van der Waals surface area contributed by atoms with Gasteiger partial charge in [0.05, 0.1) is 21.7 Å². The molecule has 3 aromatic rings. The predicted molar refractivity (Wildman–Crippen MR) is 99.9 cm³/mol. The van der Waals surface area contributed by atoms with Gasteiger partial charge in [-0.2, -0.15) is 0 Å². The highest BCUT2D eigenvalue weighted by Gasteiger charge is 2.21. The van der Waals surface area contributed by atoms with Crippen LogP contribution < -0.4 is 5.32 Å². The molecule has 25 heavy (non-hydrogen) atoms. The second-order valence-corrected chi connectivity index (χ2v) is 6.70. The Morgan fingerprint density at radius 3 is 2.88 bits per heavy atom. The number of benzene rings is 2. The topological polar surface area (TPSA) is 68.1 Å². The summed E-state index contributed by atoms with van der Waals surface area (Å²) in [6.45, 7) is 1.76. The Kier molecular flexibility index (Phi) is 3.81. The molecule has 0 atom stereocenters. The summed E-state index contributed by atoms with van der Waals surface area (Å²) >= 11 is 6.20. The van der Waals surface area contributed by atoms with Gasteiger partial charge in [0.25, 0.3) is 5.69 Å². The highest BCUT2D eigenvalue weighted by Crippen LogP contribution is 2.38. The summed E-state index contributed by atoms with van der Waals surface area (Å²) in [7, 11) is 0. The molecule has 0 unspecified atom stereocenters. The molecule has 0 saturated carbocycles. The van der Waals surface area contributed by atoms with Crippen LogP contribution in [0.3, 0.4) is 0 Å². The van der Waals surface area contributed by atoms with Crippen LogP contribution >= 0.6 is 11.6 Å². The van der Waals surface area contributed by atoms with Crippen LogP contribution in [-0.2, 0) is 12.8 Å². The van der Waals surface area contributed by atoms with Crippen molar-refractivity contribution in [2.75, 3.05) is 5.32 Å². The van der Waals surface area contributed by atoms with Gasteiger partial charge in [0.1, 0.15) is 0 Å². The van der Waals surface area contributed by atoms with E-state index >= 15 is 0 Å². The highest BCUT2D eigenvalue weighted by molar-refractivity contribution is 6.31. The summed E-state index contributed by atoms with van der Waals surface area (Å²) in [6.07, 6.45) is 2.96. The molecule has 126 valence electrons. The van der Waals surface area contributed by atoms with E-state index in [2.05, 4.69) is 5.32 Å². The van der Waals surface area contributed by atoms with Gasteiger partial charge in [-0.1, -0.05) is 17.7 Å². The number of nitrogens with zero attached hydrogens (tertiary/aromatic N) is 2. The first-order chi connectivity index (χ1) is 12.0. The smallest absolute Gasteiger partial charge is 0.274 e. The van der Waals surface area contributed by atoms with E-state index in [9.17, 15) is 10.1 Å². The number of anilines is 2. The Morgan fingerprint density at radius 1 is 1.24 bits per heavy atom. The van der Waals surface area contributed by atoms with E-state index < -0.39 is 0 Å². The maximum atomic E-state index is 11.2. The number of aromatic nitrogens is 1. The van der Waals surface area contributed by atoms with Crippen LogP contribution in [0.5, 0.6) is 0 Å². The van der Waals surface area contributed by atoms with Crippen molar-refractivity contribution in [3.8, 4) is 0 Å². The molecule has 0 saturated heterocycles. The minimum Gasteiger partial charge on any atom is -0.354 e. The Balaban J connectivity index is 1.91. The molecule has 4 rings (SSSR count). The normalized spacial score (nSPS) is 13.0. The SMILES string of the molecule is Cc1c(Nc2c3c(nc4ccc(Cl)cc24)CCC3)cccc1[N+](=O)[O-]. The van der Waals surface area contributed by atoms with Gasteiger partial charge in [-0.3, -0.25) is 15.1 Å². The molecule has 0 fully saturated rings. The summed E-state index contributed by atoms with van der Waals surface area (Å²) in [5.74, 6) is 0. The van der Waals surface area contributed by atoms with Crippen LogP contribution in [0.2, 0.25) is 5.02 Å². The van der Waals surface area contributed by atoms with Crippen molar-refractivity contribution in [3.63, 3.8) is 0 Å². The number of hydrogen-bond acceptors (Lipinski definition) is 4. The van der Waals surface area contributed by atoms with Crippen LogP contribution in [0.4, 0.5) is 17.1 Å². The standard InChI is InChI=1S/C19H16ClN3O2/c1-11-15(5-3-7-18(11)23(24)25)22-19-13-4-2-6-16(13)21-17-9-8-12(20)10-14(17)19/h3,5,7-10H,2,4,6H2,1H3,(H,21,22). The highest BCUT2D eigenvalue weighted by atomic mass is 35.5. The fourth-order valence-electron chi connectivity index (χ4n) is 3.47. The number of halogens is 1. The van der Waals surface area contributed by atoms with Crippen LogP contribution in [0.15, 0.2) is 36.4 Å². The van der Waals surface area contributed by atoms with Crippen molar-refractivity contribution in [1.29, 1.82) is 0 Å². The molecule has 0 aliphatic heterocycles. The second kappa shape index (κ2) is 6.01. The van der Waals surface area contributed by atoms with E-state index in [0.717, 1.165) is 47.2 Å². The second-order valence-electron chi connectivity index (χ2n) is 6.26. The van der Waals surface area contributed by atoms with Gasteiger partial charge in [-0.05, 0) is 56.0 Å². The zero-order chi connectivity index (χ0) is 17.6. The quantitative estimate of drug-likeness (QED) is 0.510. The van der Waals surface area contributed by atoms with E-state index in [1.165, 1.54) is 11.6 Å². The van der Waals surface area contributed by atoms with Gasteiger partial charge in [0, 0.05) is 27.9 Å². The lowest BCUT2D eigenvalue weighted by molar-refractivity contribution is -0.385. The Labute approximate surface area is 149 Å². The first kappa shape index (κ1) is 15.8. The molecule has 1 aliphatic rings. The summed E-state index contributed by atoms with van der Waals surface area (Å²) in [6, 6.07) is 10.7. The number of aryl methyl sites for hydroxylation is 1. The van der Waals surface area contributed by atoms with Crippen molar-refractivity contribution >= 4 is 39.6 Å². The van der Waals surface area contributed by atoms with Gasteiger partial charge >= 0.3 is 0 Å². The number of nitrogens with one attached hydrogen (secondary N) is 1. The van der Waals surface area contributed by atoms with E-state index in [0.29, 0.717) is 10.6 Å². The lowest BCUT2D eigenvalue weighted by Crippen LogP contribution is -2.02.